The van der Waals surface area contributed by atoms with Crippen molar-refractivity contribution in [2.45, 2.75) is 39.2 Å². The van der Waals surface area contributed by atoms with Crippen molar-refractivity contribution in [3.63, 3.8) is 0 Å². The maximum absolute atomic E-state index is 11.9. The number of Topliss-reactive ketones (excluding diaryl/α,β-unsaturated/α-hetero) is 1. The molecule has 0 amide bonds. The SMILES string of the molecule is CCC(C)C(=O)c1cn(C2CCNCC2)nn1. The van der Waals surface area contributed by atoms with Crippen molar-refractivity contribution in [2.75, 3.05) is 13.1 Å². The van der Waals surface area contributed by atoms with E-state index in [0.717, 1.165) is 32.4 Å². The number of ketones is 1. The van der Waals surface area contributed by atoms with E-state index in [0.29, 0.717) is 11.7 Å². The fourth-order valence-electron chi connectivity index (χ4n) is 2.08. The second kappa shape index (κ2) is 5.40. The summed E-state index contributed by atoms with van der Waals surface area (Å²) in [5.41, 5.74) is 0.512. The molecule has 1 N–H and O–H groups in total. The van der Waals surface area contributed by atoms with Gasteiger partial charge in [-0.05, 0) is 32.4 Å². The number of aromatic nitrogens is 3. The van der Waals surface area contributed by atoms with E-state index >= 15 is 0 Å². The highest BCUT2D eigenvalue weighted by Gasteiger charge is 2.20. The van der Waals surface area contributed by atoms with Gasteiger partial charge in [-0.1, -0.05) is 19.1 Å². The van der Waals surface area contributed by atoms with Crippen molar-refractivity contribution in [1.82, 2.24) is 20.3 Å². The summed E-state index contributed by atoms with van der Waals surface area (Å²) < 4.78 is 1.86. The zero-order valence-corrected chi connectivity index (χ0v) is 10.5. The molecule has 1 saturated heterocycles. The molecule has 1 aliphatic rings. The zero-order chi connectivity index (χ0) is 12.3. The van der Waals surface area contributed by atoms with Crippen LogP contribution in [0.4, 0.5) is 0 Å². The molecule has 94 valence electrons. The molecule has 5 heteroatoms. The Morgan fingerprint density at radius 3 is 2.94 bits per heavy atom. The van der Waals surface area contributed by atoms with Crippen molar-refractivity contribution in [2.24, 2.45) is 5.92 Å². The van der Waals surface area contributed by atoms with Crippen LogP contribution >= 0.6 is 0 Å². The Kier molecular flexibility index (Phi) is 3.89. The third-order valence-corrected chi connectivity index (χ3v) is 3.51. The molecule has 0 aliphatic carbocycles. The van der Waals surface area contributed by atoms with Gasteiger partial charge in [0.15, 0.2) is 5.78 Å². The number of rotatable bonds is 4. The number of nitrogens with zero attached hydrogens (tertiary/aromatic N) is 3. The van der Waals surface area contributed by atoms with Crippen LogP contribution in [0.2, 0.25) is 0 Å². The minimum Gasteiger partial charge on any atom is -0.317 e. The third kappa shape index (κ3) is 2.72. The van der Waals surface area contributed by atoms with E-state index in [1.807, 2.05) is 24.7 Å². The lowest BCUT2D eigenvalue weighted by Gasteiger charge is -2.22. The molecule has 1 fully saturated rings. The molecule has 2 rings (SSSR count). The summed E-state index contributed by atoms with van der Waals surface area (Å²) in [5.74, 6) is 0.140. The monoisotopic (exact) mass is 236 g/mol. The highest BCUT2D eigenvalue weighted by Crippen LogP contribution is 2.18. The lowest BCUT2D eigenvalue weighted by Crippen LogP contribution is -2.29. The number of hydrogen-bond donors (Lipinski definition) is 1. The molecule has 0 radical (unpaired) electrons. The minimum absolute atomic E-state index is 0.0353. The fourth-order valence-corrected chi connectivity index (χ4v) is 2.08. The lowest BCUT2D eigenvalue weighted by atomic mass is 10.0. The molecule has 0 spiro atoms. The summed E-state index contributed by atoms with van der Waals surface area (Å²) >= 11 is 0. The fraction of sp³-hybridized carbons (Fsp3) is 0.750. The Morgan fingerprint density at radius 2 is 2.29 bits per heavy atom. The summed E-state index contributed by atoms with van der Waals surface area (Å²) in [7, 11) is 0. The van der Waals surface area contributed by atoms with Crippen LogP contribution in [0.15, 0.2) is 6.20 Å². The van der Waals surface area contributed by atoms with Crippen LogP contribution in [0.5, 0.6) is 0 Å². The van der Waals surface area contributed by atoms with E-state index in [9.17, 15) is 4.79 Å². The predicted molar refractivity (Wildman–Crippen MR) is 64.9 cm³/mol. The molecule has 1 atom stereocenters. The van der Waals surface area contributed by atoms with Gasteiger partial charge in [-0.2, -0.15) is 0 Å². The Morgan fingerprint density at radius 1 is 1.59 bits per heavy atom. The standard InChI is InChI=1S/C12H20N4O/c1-3-9(2)12(17)11-8-16(15-14-11)10-4-6-13-7-5-10/h8-10,13H,3-7H2,1-2H3. The van der Waals surface area contributed by atoms with Crippen molar-refractivity contribution >= 4 is 5.78 Å². The van der Waals surface area contributed by atoms with E-state index in [4.69, 9.17) is 0 Å². The highest BCUT2D eigenvalue weighted by molar-refractivity contribution is 5.95. The van der Waals surface area contributed by atoms with Crippen LogP contribution in [0, 0.1) is 5.92 Å². The Hall–Kier alpha value is -1.23. The summed E-state index contributed by atoms with van der Waals surface area (Å²) in [6.07, 6.45) is 4.77. The largest absolute Gasteiger partial charge is 0.317 e. The molecular formula is C12H20N4O. The van der Waals surface area contributed by atoms with E-state index in [1.165, 1.54) is 0 Å². The van der Waals surface area contributed by atoms with Crippen LogP contribution in [0.3, 0.4) is 0 Å². The average Bonchev–Trinajstić information content (AvgIpc) is 2.87. The summed E-state index contributed by atoms with van der Waals surface area (Å²) in [5, 5.41) is 11.4. The summed E-state index contributed by atoms with van der Waals surface area (Å²) in [6.45, 7) is 5.98. The number of carbonyl (C=O) groups is 1. The second-order valence-corrected chi connectivity index (χ2v) is 4.74. The van der Waals surface area contributed by atoms with E-state index in [2.05, 4.69) is 15.6 Å². The van der Waals surface area contributed by atoms with E-state index < -0.39 is 0 Å². The molecule has 1 unspecified atom stereocenters. The second-order valence-electron chi connectivity index (χ2n) is 4.74. The average molecular weight is 236 g/mol. The van der Waals surface area contributed by atoms with Gasteiger partial charge >= 0.3 is 0 Å². The predicted octanol–water partition coefficient (Wildman–Crippen LogP) is 1.43. The third-order valence-electron chi connectivity index (χ3n) is 3.51. The van der Waals surface area contributed by atoms with Gasteiger partial charge in [-0.3, -0.25) is 4.79 Å². The van der Waals surface area contributed by atoms with E-state index in [-0.39, 0.29) is 11.7 Å². The minimum atomic E-state index is 0.0353. The molecule has 1 aromatic heterocycles. The molecule has 0 saturated carbocycles. The van der Waals surface area contributed by atoms with Gasteiger partial charge in [0.1, 0.15) is 5.69 Å². The van der Waals surface area contributed by atoms with Gasteiger partial charge in [-0.15, -0.1) is 5.10 Å². The molecular weight excluding hydrogens is 216 g/mol. The number of carbonyl (C=O) groups excluding carboxylic acids is 1. The smallest absolute Gasteiger partial charge is 0.187 e. The van der Waals surface area contributed by atoms with Crippen LogP contribution in [-0.4, -0.2) is 33.9 Å². The molecule has 1 aliphatic heterocycles. The normalized spacial score (nSPS) is 19.2. The maximum atomic E-state index is 11.9. The van der Waals surface area contributed by atoms with Gasteiger partial charge in [-0.25, -0.2) is 4.68 Å². The van der Waals surface area contributed by atoms with Gasteiger partial charge in [0, 0.05) is 5.92 Å². The first-order valence-corrected chi connectivity index (χ1v) is 6.39. The topological polar surface area (TPSA) is 59.8 Å². The Balaban J connectivity index is 2.07. The highest BCUT2D eigenvalue weighted by atomic mass is 16.1. The number of nitrogens with one attached hydrogen (secondary N) is 1. The van der Waals surface area contributed by atoms with Crippen molar-refractivity contribution in [1.29, 1.82) is 0 Å². The first kappa shape index (κ1) is 12.2. The number of hydrogen-bond acceptors (Lipinski definition) is 4. The Bertz CT molecular complexity index is 382. The van der Waals surface area contributed by atoms with Crippen LogP contribution in [0.1, 0.15) is 49.6 Å². The maximum Gasteiger partial charge on any atom is 0.187 e. The quantitative estimate of drug-likeness (QED) is 0.803. The molecule has 0 aromatic carbocycles. The summed E-state index contributed by atoms with van der Waals surface area (Å²) in [4.78, 5) is 11.9. The molecule has 1 aromatic rings. The molecule has 0 bridgehead atoms. The van der Waals surface area contributed by atoms with Crippen molar-refractivity contribution in [3.8, 4) is 0 Å². The molecule has 5 nitrogen and oxygen atoms in total. The molecule has 2 heterocycles. The first-order chi connectivity index (χ1) is 8.22. The van der Waals surface area contributed by atoms with Crippen LogP contribution < -0.4 is 5.32 Å². The van der Waals surface area contributed by atoms with Crippen molar-refractivity contribution in [3.05, 3.63) is 11.9 Å². The van der Waals surface area contributed by atoms with Gasteiger partial charge in [0.2, 0.25) is 0 Å². The van der Waals surface area contributed by atoms with Crippen molar-refractivity contribution < 1.29 is 4.79 Å². The van der Waals surface area contributed by atoms with Gasteiger partial charge < -0.3 is 5.32 Å². The summed E-state index contributed by atoms with van der Waals surface area (Å²) in [6, 6.07) is 0.391. The van der Waals surface area contributed by atoms with Crippen LogP contribution in [-0.2, 0) is 0 Å². The zero-order valence-electron chi connectivity index (χ0n) is 10.5. The van der Waals surface area contributed by atoms with Gasteiger partial charge in [0.25, 0.3) is 0 Å². The Labute approximate surface area is 102 Å². The lowest BCUT2D eigenvalue weighted by molar-refractivity contribution is 0.0922. The number of piperidine rings is 1. The van der Waals surface area contributed by atoms with E-state index in [1.54, 1.807) is 0 Å². The van der Waals surface area contributed by atoms with Gasteiger partial charge in [0.05, 0.1) is 12.2 Å². The molecule has 17 heavy (non-hydrogen) atoms. The van der Waals surface area contributed by atoms with Crippen LogP contribution in [0.25, 0.3) is 0 Å². The first-order valence-electron chi connectivity index (χ1n) is 6.39.